The number of hydrogen-bond donors (Lipinski definition) is 2. The van der Waals surface area contributed by atoms with Gasteiger partial charge in [0.15, 0.2) is 0 Å². The highest BCUT2D eigenvalue weighted by molar-refractivity contribution is 6.03. The highest BCUT2D eigenvalue weighted by Gasteiger charge is 2.65. The van der Waals surface area contributed by atoms with Crippen LogP contribution in [0.4, 0.5) is 5.69 Å². The molecule has 1 heterocycles. The second kappa shape index (κ2) is 19.7. The molecule has 296 valence electrons. The van der Waals surface area contributed by atoms with Crippen molar-refractivity contribution < 1.29 is 39.0 Å². The fourth-order valence-electron chi connectivity index (χ4n) is 8.63. The zero-order valence-electron chi connectivity index (χ0n) is 32.0. The van der Waals surface area contributed by atoms with Gasteiger partial charge in [-0.2, -0.15) is 0 Å². The van der Waals surface area contributed by atoms with Crippen molar-refractivity contribution in [2.75, 3.05) is 40.1 Å². The maximum atomic E-state index is 14.5. The molecular weight excluding hydrogens is 702 g/mol. The van der Waals surface area contributed by atoms with Gasteiger partial charge in [0.05, 0.1) is 23.2 Å². The number of amides is 1. The van der Waals surface area contributed by atoms with Crippen molar-refractivity contribution in [1.82, 2.24) is 4.90 Å². The molecule has 0 aromatic heterocycles. The van der Waals surface area contributed by atoms with Gasteiger partial charge in [0.25, 0.3) is 5.69 Å². The van der Waals surface area contributed by atoms with Gasteiger partial charge in [-0.25, -0.2) is 0 Å². The Labute approximate surface area is 323 Å². The minimum absolute atomic E-state index is 0.0325. The number of oxime groups is 1. The molecule has 12 heteroatoms. The SMILES string of the molecule is C=CCOc1ccc2c(c1)C1C(CCCCO)C(CCCCO)C=C3C(=NOC)CC(N(CCC)C(=O)C=Cc4ccc([N+](=O)[O-])cc4)C(OCC=C)(O2)C31. The number of nitrogens with zero attached hydrogens (tertiary/aromatic N) is 3. The molecule has 6 unspecified atom stereocenters. The summed E-state index contributed by atoms with van der Waals surface area (Å²) in [4.78, 5) is 32.5. The molecule has 0 bridgehead atoms. The summed E-state index contributed by atoms with van der Waals surface area (Å²) in [5, 5.41) is 35.4. The predicted octanol–water partition coefficient (Wildman–Crippen LogP) is 7.38. The number of fused-ring (bicyclic) bond motifs is 2. The highest BCUT2D eigenvalue weighted by atomic mass is 16.7. The van der Waals surface area contributed by atoms with Crippen LogP contribution in [0.3, 0.4) is 0 Å². The molecule has 1 saturated carbocycles. The van der Waals surface area contributed by atoms with Gasteiger partial charge < -0.3 is 34.2 Å². The number of rotatable bonds is 21. The van der Waals surface area contributed by atoms with E-state index < -0.39 is 22.7 Å². The second-order valence-corrected chi connectivity index (χ2v) is 14.3. The fourth-order valence-corrected chi connectivity index (χ4v) is 8.63. The van der Waals surface area contributed by atoms with Crippen molar-refractivity contribution in [2.24, 2.45) is 22.9 Å². The van der Waals surface area contributed by atoms with E-state index in [0.717, 1.165) is 36.8 Å². The smallest absolute Gasteiger partial charge is 0.269 e. The van der Waals surface area contributed by atoms with Crippen LogP contribution in [0.15, 0.2) is 90.7 Å². The molecule has 3 aliphatic rings. The summed E-state index contributed by atoms with van der Waals surface area (Å²) in [7, 11) is 1.52. The third-order valence-electron chi connectivity index (χ3n) is 10.9. The summed E-state index contributed by atoms with van der Waals surface area (Å²) in [6.45, 7) is 10.9. The van der Waals surface area contributed by atoms with Crippen molar-refractivity contribution >= 4 is 23.4 Å². The minimum Gasteiger partial charge on any atom is -0.490 e. The molecular formula is C43H55N3O9. The van der Waals surface area contributed by atoms with Gasteiger partial charge in [0.2, 0.25) is 11.7 Å². The summed E-state index contributed by atoms with van der Waals surface area (Å²) in [6, 6.07) is 11.2. The maximum absolute atomic E-state index is 14.5. The molecule has 1 amide bonds. The quantitative estimate of drug-likeness (QED) is 0.0437. The normalized spacial score (nSPS) is 24.6. The molecule has 1 fully saturated rings. The number of non-ortho nitro benzene ring substituents is 1. The lowest BCUT2D eigenvalue weighted by Crippen LogP contribution is -2.70. The van der Waals surface area contributed by atoms with E-state index >= 15 is 0 Å². The number of aliphatic hydroxyl groups excluding tert-OH is 2. The lowest BCUT2D eigenvalue weighted by Gasteiger charge is -2.60. The van der Waals surface area contributed by atoms with Crippen molar-refractivity contribution in [3.63, 3.8) is 0 Å². The topological polar surface area (TPSA) is 153 Å². The van der Waals surface area contributed by atoms with Crippen LogP contribution >= 0.6 is 0 Å². The molecule has 6 atom stereocenters. The van der Waals surface area contributed by atoms with Gasteiger partial charge in [-0.15, -0.1) is 6.58 Å². The van der Waals surface area contributed by atoms with Crippen molar-refractivity contribution in [1.29, 1.82) is 0 Å². The van der Waals surface area contributed by atoms with E-state index in [-0.39, 0.29) is 55.6 Å². The zero-order valence-corrected chi connectivity index (χ0v) is 32.0. The minimum atomic E-state index is -1.37. The Kier molecular flexibility index (Phi) is 14.8. The molecule has 0 spiro atoms. The summed E-state index contributed by atoms with van der Waals surface area (Å²) in [6.07, 6.45) is 14.4. The Bertz CT molecular complexity index is 1740. The number of nitro benzene ring substituents is 1. The zero-order chi connectivity index (χ0) is 39.4. The average Bonchev–Trinajstić information content (AvgIpc) is 3.19. The number of ether oxygens (including phenoxy) is 3. The number of aliphatic hydroxyl groups is 2. The van der Waals surface area contributed by atoms with Crippen LogP contribution < -0.4 is 9.47 Å². The third-order valence-corrected chi connectivity index (χ3v) is 10.9. The first-order chi connectivity index (χ1) is 26.8. The summed E-state index contributed by atoms with van der Waals surface area (Å²) < 4.78 is 20.2. The van der Waals surface area contributed by atoms with Crippen LogP contribution in [0.1, 0.15) is 75.3 Å². The maximum Gasteiger partial charge on any atom is 0.269 e. The number of benzene rings is 2. The van der Waals surface area contributed by atoms with Crippen molar-refractivity contribution in [3.05, 3.63) is 107 Å². The van der Waals surface area contributed by atoms with Gasteiger partial charge in [-0.05, 0) is 91.5 Å². The van der Waals surface area contributed by atoms with Crippen LogP contribution in [0.2, 0.25) is 0 Å². The van der Waals surface area contributed by atoms with E-state index in [1.807, 2.05) is 25.1 Å². The number of carbonyl (C=O) groups is 1. The Morgan fingerprint density at radius 2 is 1.80 bits per heavy atom. The number of carbonyl (C=O) groups excluding carboxylic acids is 1. The summed E-state index contributed by atoms with van der Waals surface area (Å²) in [5.41, 5.74) is 3.25. The van der Waals surface area contributed by atoms with Crippen LogP contribution in [0, 0.1) is 27.9 Å². The monoisotopic (exact) mass is 757 g/mol. The second-order valence-electron chi connectivity index (χ2n) is 14.3. The first-order valence-corrected chi connectivity index (χ1v) is 19.3. The van der Waals surface area contributed by atoms with Crippen molar-refractivity contribution in [2.45, 2.75) is 76.0 Å². The molecule has 2 aromatic carbocycles. The molecule has 0 radical (unpaired) electrons. The standard InChI is InChI=1S/C43H55N3O9/c1-5-22-45(40(49)21-16-30-14-17-32(18-15-30)46(50)51)39-29-37(44-52-4)35-27-31(12-8-10-23-47)34(13-9-11-24-48)41-36-28-33(53-25-6-2)19-20-38(36)55-43(39,42(35)41)54-26-7-3/h6-7,14-21,27-28,31,34,39,41-42,47-48H,2-3,5,8-13,22-26,29H2,1,4H3. The van der Waals surface area contributed by atoms with Gasteiger partial charge in [0, 0.05) is 55.9 Å². The van der Waals surface area contributed by atoms with E-state index in [1.54, 1.807) is 35.3 Å². The Balaban J connectivity index is 1.71. The van der Waals surface area contributed by atoms with Crippen LogP contribution in [-0.2, 0) is 14.4 Å². The largest absolute Gasteiger partial charge is 0.490 e. The predicted molar refractivity (Wildman–Crippen MR) is 212 cm³/mol. The third kappa shape index (κ3) is 9.20. The first-order valence-electron chi connectivity index (χ1n) is 19.3. The molecule has 12 nitrogen and oxygen atoms in total. The highest BCUT2D eigenvalue weighted by Crippen LogP contribution is 2.62. The molecule has 2 aromatic rings. The summed E-state index contributed by atoms with van der Waals surface area (Å²) in [5.74, 6) is -0.721. The summed E-state index contributed by atoms with van der Waals surface area (Å²) >= 11 is 0. The number of nitro groups is 1. The Hall–Kier alpha value is -4.78. The number of allylic oxidation sites excluding steroid dienone is 1. The van der Waals surface area contributed by atoms with E-state index in [2.05, 4.69) is 24.4 Å². The van der Waals surface area contributed by atoms with E-state index in [0.29, 0.717) is 55.2 Å². The Morgan fingerprint density at radius 3 is 2.45 bits per heavy atom. The van der Waals surface area contributed by atoms with Crippen molar-refractivity contribution in [3.8, 4) is 11.5 Å². The van der Waals surface area contributed by atoms with E-state index in [4.69, 9.17) is 19.0 Å². The van der Waals surface area contributed by atoms with Gasteiger partial charge in [-0.1, -0.05) is 49.7 Å². The van der Waals surface area contributed by atoms with Gasteiger partial charge in [0.1, 0.15) is 31.3 Å². The van der Waals surface area contributed by atoms with E-state index in [1.165, 1.54) is 25.3 Å². The lowest BCUT2D eigenvalue weighted by molar-refractivity contribution is -0.384. The van der Waals surface area contributed by atoms with E-state index in [9.17, 15) is 25.1 Å². The number of hydrogen-bond acceptors (Lipinski definition) is 10. The molecule has 1 aliphatic heterocycles. The number of unbranched alkanes of at least 4 members (excludes halogenated alkanes) is 2. The van der Waals surface area contributed by atoms with Gasteiger partial charge >= 0.3 is 0 Å². The average molecular weight is 758 g/mol. The molecule has 0 saturated heterocycles. The lowest BCUT2D eigenvalue weighted by atomic mass is 9.55. The first kappa shape index (κ1) is 41.4. The fraction of sp³-hybridized carbons (Fsp3) is 0.488. The molecule has 2 aliphatic carbocycles. The van der Waals surface area contributed by atoms with Gasteiger partial charge in [-0.3, -0.25) is 14.9 Å². The van der Waals surface area contributed by atoms with Crippen LogP contribution in [-0.4, -0.2) is 83.6 Å². The van der Waals surface area contributed by atoms with Crippen LogP contribution in [0.25, 0.3) is 6.08 Å². The molecule has 2 N–H and O–H groups in total. The van der Waals surface area contributed by atoms with Crippen LogP contribution in [0.5, 0.6) is 11.5 Å². The molecule has 55 heavy (non-hydrogen) atoms. The Morgan fingerprint density at radius 1 is 1.07 bits per heavy atom. The molecule has 5 rings (SSSR count).